The van der Waals surface area contributed by atoms with Gasteiger partial charge in [-0.25, -0.2) is 0 Å². The van der Waals surface area contributed by atoms with Crippen molar-refractivity contribution in [1.29, 1.82) is 0 Å². The van der Waals surface area contributed by atoms with Crippen LogP contribution in [0.3, 0.4) is 0 Å². The maximum Gasteiger partial charge on any atom is 0.321 e. The predicted molar refractivity (Wildman–Crippen MR) is 98.9 cm³/mol. The van der Waals surface area contributed by atoms with Gasteiger partial charge in [0, 0.05) is 17.0 Å². The van der Waals surface area contributed by atoms with E-state index in [0.717, 1.165) is 11.1 Å². The minimum Gasteiger partial charge on any atom is -0.465 e. The van der Waals surface area contributed by atoms with Crippen LogP contribution in [0.1, 0.15) is 42.0 Å². The van der Waals surface area contributed by atoms with Gasteiger partial charge in [-0.15, -0.1) is 0 Å². The van der Waals surface area contributed by atoms with E-state index in [4.69, 9.17) is 9.47 Å². The first-order chi connectivity index (χ1) is 13.1. The van der Waals surface area contributed by atoms with Gasteiger partial charge in [0.2, 0.25) is 0 Å². The first-order valence-corrected chi connectivity index (χ1v) is 8.87. The highest BCUT2D eigenvalue weighted by atomic mass is 16.6. The van der Waals surface area contributed by atoms with Crippen LogP contribution in [0.15, 0.2) is 53.7 Å². The quantitative estimate of drug-likeness (QED) is 0.380. The van der Waals surface area contributed by atoms with E-state index >= 15 is 0 Å². The molecule has 1 aliphatic rings. The second-order valence-electron chi connectivity index (χ2n) is 6.08. The summed E-state index contributed by atoms with van der Waals surface area (Å²) in [6.45, 7) is 3.71. The van der Waals surface area contributed by atoms with Crippen molar-refractivity contribution in [3.05, 3.63) is 70.8 Å². The molecule has 2 aromatic carbocycles. The monoisotopic (exact) mass is 367 g/mol. The van der Waals surface area contributed by atoms with Crippen molar-refractivity contribution < 1.29 is 24.3 Å². The molecule has 6 heteroatoms. The van der Waals surface area contributed by atoms with E-state index in [2.05, 4.69) is 5.16 Å². The Balaban J connectivity index is 2.24. The summed E-state index contributed by atoms with van der Waals surface area (Å²) in [5.74, 6) is -3.00. The summed E-state index contributed by atoms with van der Waals surface area (Å²) in [5, 5.41) is 13.1. The second kappa shape index (κ2) is 8.03. The molecular formula is C21H21NO5. The summed E-state index contributed by atoms with van der Waals surface area (Å²) in [5.41, 5.74) is 3.18. The Morgan fingerprint density at radius 2 is 1.37 bits per heavy atom. The maximum absolute atomic E-state index is 12.7. The summed E-state index contributed by atoms with van der Waals surface area (Å²) >= 11 is 0. The number of esters is 2. The van der Waals surface area contributed by atoms with Crippen LogP contribution in [0.2, 0.25) is 0 Å². The summed E-state index contributed by atoms with van der Waals surface area (Å²) in [4.78, 5) is 25.5. The number of carbonyl (C=O) groups excluding carboxylic acids is 2. The van der Waals surface area contributed by atoms with Crippen LogP contribution >= 0.6 is 0 Å². The molecule has 0 heterocycles. The van der Waals surface area contributed by atoms with E-state index in [1.165, 1.54) is 0 Å². The maximum atomic E-state index is 12.7. The summed E-state index contributed by atoms with van der Waals surface area (Å²) in [6, 6.07) is 14.5. The molecule has 0 atom stereocenters. The van der Waals surface area contributed by atoms with Gasteiger partial charge in [-0.3, -0.25) is 9.59 Å². The standard InChI is InChI=1S/C21H21NO5/c1-3-26-20(23)18(21(24)27-4-2)17-13-9-5-7-11-15(13)19(22-25)16-12-8-6-10-14(16)17/h5-12,17-18,25H,3-4H2,1-2H3. The highest BCUT2D eigenvalue weighted by Gasteiger charge is 2.43. The van der Waals surface area contributed by atoms with Gasteiger partial charge < -0.3 is 14.7 Å². The predicted octanol–water partition coefficient (Wildman–Crippen LogP) is 3.10. The summed E-state index contributed by atoms with van der Waals surface area (Å²) in [7, 11) is 0. The molecule has 0 radical (unpaired) electrons. The third-order valence-electron chi connectivity index (χ3n) is 4.62. The Morgan fingerprint density at radius 1 is 0.926 bits per heavy atom. The Kier molecular flexibility index (Phi) is 5.54. The zero-order chi connectivity index (χ0) is 19.4. The first-order valence-electron chi connectivity index (χ1n) is 8.87. The van der Waals surface area contributed by atoms with Crippen molar-refractivity contribution in [2.24, 2.45) is 11.1 Å². The lowest BCUT2D eigenvalue weighted by molar-refractivity contribution is -0.162. The van der Waals surface area contributed by atoms with Gasteiger partial charge in [-0.2, -0.15) is 0 Å². The van der Waals surface area contributed by atoms with Crippen LogP contribution in [0.25, 0.3) is 0 Å². The van der Waals surface area contributed by atoms with E-state index in [-0.39, 0.29) is 13.2 Å². The number of carbonyl (C=O) groups is 2. The van der Waals surface area contributed by atoms with Gasteiger partial charge in [0.1, 0.15) is 5.71 Å². The lowest BCUT2D eigenvalue weighted by atomic mass is 9.71. The van der Waals surface area contributed by atoms with E-state index < -0.39 is 23.8 Å². The minimum atomic E-state index is -1.15. The topological polar surface area (TPSA) is 85.2 Å². The molecule has 3 rings (SSSR count). The highest BCUT2D eigenvalue weighted by Crippen LogP contribution is 2.42. The molecule has 0 amide bonds. The fraction of sp³-hybridized carbons (Fsp3) is 0.286. The SMILES string of the molecule is CCOC(=O)C(C(=O)OCC)C1c2ccccc2C(=NO)c2ccccc21. The molecule has 0 saturated heterocycles. The van der Waals surface area contributed by atoms with Crippen LogP contribution < -0.4 is 0 Å². The van der Waals surface area contributed by atoms with Crippen molar-refractivity contribution in [3.8, 4) is 0 Å². The van der Waals surface area contributed by atoms with E-state index in [9.17, 15) is 14.8 Å². The van der Waals surface area contributed by atoms with Crippen molar-refractivity contribution in [1.82, 2.24) is 0 Å². The van der Waals surface area contributed by atoms with E-state index in [1.54, 1.807) is 26.0 Å². The van der Waals surface area contributed by atoms with Gasteiger partial charge in [0.15, 0.2) is 5.92 Å². The summed E-state index contributed by atoms with van der Waals surface area (Å²) in [6.07, 6.45) is 0. The fourth-order valence-electron chi connectivity index (χ4n) is 3.58. The number of oxime groups is 1. The van der Waals surface area contributed by atoms with Crippen molar-refractivity contribution in [2.75, 3.05) is 13.2 Å². The molecule has 1 aliphatic carbocycles. The van der Waals surface area contributed by atoms with Crippen molar-refractivity contribution >= 4 is 17.7 Å². The van der Waals surface area contributed by atoms with Crippen LogP contribution in [-0.4, -0.2) is 36.1 Å². The number of hydrogen-bond donors (Lipinski definition) is 1. The third-order valence-corrected chi connectivity index (χ3v) is 4.62. The third kappa shape index (κ3) is 3.30. The van der Waals surface area contributed by atoms with Gasteiger partial charge >= 0.3 is 11.9 Å². The van der Waals surface area contributed by atoms with E-state index in [1.807, 2.05) is 36.4 Å². The number of hydrogen-bond acceptors (Lipinski definition) is 6. The number of ether oxygens (including phenoxy) is 2. The Morgan fingerprint density at radius 3 is 1.78 bits per heavy atom. The molecule has 0 aromatic heterocycles. The van der Waals surface area contributed by atoms with Gasteiger partial charge in [0.25, 0.3) is 0 Å². The molecule has 0 unspecified atom stereocenters. The Bertz CT molecular complexity index is 822. The van der Waals surface area contributed by atoms with Gasteiger partial charge in [-0.1, -0.05) is 53.7 Å². The second-order valence-corrected chi connectivity index (χ2v) is 6.08. The Labute approximate surface area is 157 Å². The number of rotatable bonds is 5. The fourth-order valence-corrected chi connectivity index (χ4v) is 3.58. The van der Waals surface area contributed by atoms with Crippen LogP contribution in [0.5, 0.6) is 0 Å². The Hall–Kier alpha value is -3.15. The smallest absolute Gasteiger partial charge is 0.321 e. The number of benzene rings is 2. The molecule has 0 saturated carbocycles. The van der Waals surface area contributed by atoms with Gasteiger partial charge in [0.05, 0.1) is 13.2 Å². The zero-order valence-corrected chi connectivity index (χ0v) is 15.2. The molecule has 0 spiro atoms. The molecule has 27 heavy (non-hydrogen) atoms. The lowest BCUT2D eigenvalue weighted by Crippen LogP contribution is -2.37. The van der Waals surface area contributed by atoms with E-state index in [0.29, 0.717) is 16.8 Å². The summed E-state index contributed by atoms with van der Waals surface area (Å²) < 4.78 is 10.4. The van der Waals surface area contributed by atoms with Gasteiger partial charge in [-0.05, 0) is 25.0 Å². The van der Waals surface area contributed by atoms with Crippen LogP contribution in [-0.2, 0) is 19.1 Å². The molecule has 0 fully saturated rings. The largest absolute Gasteiger partial charge is 0.465 e. The lowest BCUT2D eigenvalue weighted by Gasteiger charge is -2.32. The number of fused-ring (bicyclic) bond motifs is 2. The average Bonchev–Trinajstić information content (AvgIpc) is 2.68. The average molecular weight is 367 g/mol. The van der Waals surface area contributed by atoms with Crippen molar-refractivity contribution in [2.45, 2.75) is 19.8 Å². The van der Waals surface area contributed by atoms with Crippen LogP contribution in [0, 0.1) is 5.92 Å². The van der Waals surface area contributed by atoms with Crippen LogP contribution in [0.4, 0.5) is 0 Å². The normalized spacial score (nSPS) is 14.9. The molecule has 0 bridgehead atoms. The zero-order valence-electron chi connectivity index (χ0n) is 15.2. The molecular weight excluding hydrogens is 346 g/mol. The van der Waals surface area contributed by atoms with Crippen molar-refractivity contribution in [3.63, 3.8) is 0 Å². The highest BCUT2D eigenvalue weighted by molar-refractivity contribution is 6.16. The molecule has 6 nitrogen and oxygen atoms in total. The molecule has 140 valence electrons. The minimum absolute atomic E-state index is 0.161. The number of nitrogens with zero attached hydrogens (tertiary/aromatic N) is 1. The molecule has 2 aromatic rings. The molecule has 0 aliphatic heterocycles. The molecule has 1 N–H and O–H groups in total. The first kappa shape index (κ1) is 18.6.